The number of aryl methyl sites for hydroxylation is 2. The maximum absolute atomic E-state index is 13.3. The van der Waals surface area contributed by atoms with Crippen LogP contribution in [0.1, 0.15) is 34.1 Å². The Morgan fingerprint density at radius 1 is 1.17 bits per heavy atom. The number of hydrogen-bond acceptors (Lipinski definition) is 2. The second kappa shape index (κ2) is 6.40. The van der Waals surface area contributed by atoms with Gasteiger partial charge in [0.2, 0.25) is 0 Å². The van der Waals surface area contributed by atoms with Crippen molar-refractivity contribution in [2.24, 2.45) is 0 Å². The van der Waals surface area contributed by atoms with E-state index < -0.39 is 0 Å². The summed E-state index contributed by atoms with van der Waals surface area (Å²) < 4.78 is 13.3. The zero-order valence-corrected chi connectivity index (χ0v) is 14.0. The quantitative estimate of drug-likeness (QED) is 0.752. The molecule has 0 saturated heterocycles. The topological polar surface area (TPSA) is 42.0 Å². The summed E-state index contributed by atoms with van der Waals surface area (Å²) in [7, 11) is 0. The summed E-state index contributed by atoms with van der Waals surface area (Å²) in [4.78, 5) is 17.6. The van der Waals surface area contributed by atoms with Crippen LogP contribution >= 0.6 is 0 Å². The van der Waals surface area contributed by atoms with Crippen LogP contribution in [0.25, 0.3) is 10.9 Å². The lowest BCUT2D eigenvalue weighted by atomic mass is 9.99. The number of pyridine rings is 1. The standard InChI is InChI=1S/C20H19FN2O/c1-4-16-13(3)19(15-7-5-6-8-18(15)22-16)20(24)23-17-10-9-14(21)11-12(17)2/h5-11H,4H2,1-3H3,(H,23,24). The van der Waals surface area contributed by atoms with Crippen LogP contribution < -0.4 is 5.32 Å². The van der Waals surface area contributed by atoms with Gasteiger partial charge in [-0.15, -0.1) is 0 Å². The number of nitrogens with zero attached hydrogens (tertiary/aromatic N) is 1. The number of hydrogen-bond donors (Lipinski definition) is 1. The summed E-state index contributed by atoms with van der Waals surface area (Å²) in [5, 5.41) is 3.73. The Balaban J connectivity index is 2.10. The van der Waals surface area contributed by atoms with Crippen LogP contribution in [0.4, 0.5) is 10.1 Å². The van der Waals surface area contributed by atoms with Gasteiger partial charge in [-0.3, -0.25) is 9.78 Å². The molecule has 0 saturated carbocycles. The molecule has 0 aliphatic rings. The Labute approximate surface area is 140 Å². The van der Waals surface area contributed by atoms with Crippen LogP contribution in [0.15, 0.2) is 42.5 Å². The van der Waals surface area contributed by atoms with E-state index in [0.29, 0.717) is 16.8 Å². The largest absolute Gasteiger partial charge is 0.322 e. The van der Waals surface area contributed by atoms with E-state index in [1.54, 1.807) is 13.0 Å². The molecule has 2 aromatic carbocycles. The van der Waals surface area contributed by atoms with Crippen LogP contribution in [-0.4, -0.2) is 10.9 Å². The van der Waals surface area contributed by atoms with Crippen LogP contribution in [-0.2, 0) is 6.42 Å². The highest BCUT2D eigenvalue weighted by atomic mass is 19.1. The maximum atomic E-state index is 13.3. The molecule has 0 fully saturated rings. The monoisotopic (exact) mass is 322 g/mol. The first-order valence-electron chi connectivity index (χ1n) is 7.97. The fourth-order valence-corrected chi connectivity index (χ4v) is 2.95. The highest BCUT2D eigenvalue weighted by molar-refractivity contribution is 6.13. The minimum atomic E-state index is -0.315. The second-order valence-electron chi connectivity index (χ2n) is 5.84. The van der Waals surface area contributed by atoms with Gasteiger partial charge >= 0.3 is 0 Å². The fraction of sp³-hybridized carbons (Fsp3) is 0.200. The fourth-order valence-electron chi connectivity index (χ4n) is 2.95. The van der Waals surface area contributed by atoms with E-state index >= 15 is 0 Å². The van der Waals surface area contributed by atoms with Gasteiger partial charge in [-0.05, 0) is 55.7 Å². The molecule has 3 rings (SSSR count). The number of halogens is 1. The molecule has 0 bridgehead atoms. The summed E-state index contributed by atoms with van der Waals surface area (Å²) >= 11 is 0. The van der Waals surface area contributed by atoms with Gasteiger partial charge in [-0.2, -0.15) is 0 Å². The zero-order valence-electron chi connectivity index (χ0n) is 14.0. The average molecular weight is 322 g/mol. The molecule has 0 atom stereocenters. The van der Waals surface area contributed by atoms with Gasteiger partial charge in [0.1, 0.15) is 5.82 Å². The lowest BCUT2D eigenvalue weighted by molar-refractivity contribution is 0.102. The molecule has 122 valence electrons. The number of fused-ring (bicyclic) bond motifs is 1. The third-order valence-electron chi connectivity index (χ3n) is 4.24. The van der Waals surface area contributed by atoms with Crippen molar-refractivity contribution in [3.63, 3.8) is 0 Å². The molecule has 24 heavy (non-hydrogen) atoms. The Hall–Kier alpha value is -2.75. The number of para-hydroxylation sites is 1. The summed E-state index contributed by atoms with van der Waals surface area (Å²) in [6.07, 6.45) is 0.756. The third-order valence-corrected chi connectivity index (χ3v) is 4.24. The highest BCUT2D eigenvalue weighted by Gasteiger charge is 2.18. The molecule has 4 heteroatoms. The van der Waals surface area contributed by atoms with E-state index in [1.165, 1.54) is 12.1 Å². The molecule has 0 aliphatic carbocycles. The molecule has 0 aliphatic heterocycles. The van der Waals surface area contributed by atoms with Gasteiger partial charge in [0, 0.05) is 16.8 Å². The Morgan fingerprint density at radius 2 is 1.92 bits per heavy atom. The van der Waals surface area contributed by atoms with Gasteiger partial charge in [0.05, 0.1) is 11.1 Å². The first-order chi connectivity index (χ1) is 11.5. The molecule has 3 aromatic rings. The van der Waals surface area contributed by atoms with Gasteiger partial charge < -0.3 is 5.32 Å². The van der Waals surface area contributed by atoms with Crippen molar-refractivity contribution < 1.29 is 9.18 Å². The number of anilines is 1. The lowest BCUT2D eigenvalue weighted by Gasteiger charge is -2.15. The van der Waals surface area contributed by atoms with Crippen molar-refractivity contribution in [3.8, 4) is 0 Å². The number of carbonyl (C=O) groups is 1. The van der Waals surface area contributed by atoms with E-state index in [2.05, 4.69) is 10.3 Å². The number of amides is 1. The summed E-state index contributed by atoms with van der Waals surface area (Å²) in [6.45, 7) is 5.72. The van der Waals surface area contributed by atoms with Gasteiger partial charge in [0.15, 0.2) is 0 Å². The Morgan fingerprint density at radius 3 is 2.62 bits per heavy atom. The first kappa shape index (κ1) is 16.1. The molecule has 1 aromatic heterocycles. The third kappa shape index (κ3) is 2.87. The van der Waals surface area contributed by atoms with E-state index in [9.17, 15) is 9.18 Å². The minimum absolute atomic E-state index is 0.199. The Kier molecular flexibility index (Phi) is 4.30. The molecule has 0 unspecified atom stereocenters. The van der Waals surface area contributed by atoms with Crippen LogP contribution in [0, 0.1) is 19.7 Å². The van der Waals surface area contributed by atoms with Gasteiger partial charge in [-0.25, -0.2) is 4.39 Å². The molecular formula is C20H19FN2O. The van der Waals surface area contributed by atoms with Crippen LogP contribution in [0.5, 0.6) is 0 Å². The van der Waals surface area contributed by atoms with E-state index in [-0.39, 0.29) is 11.7 Å². The van der Waals surface area contributed by atoms with Crippen LogP contribution in [0.3, 0.4) is 0 Å². The summed E-state index contributed by atoms with van der Waals surface area (Å²) in [6, 6.07) is 12.0. The number of carbonyl (C=O) groups excluding carboxylic acids is 1. The molecular weight excluding hydrogens is 303 g/mol. The number of aromatic nitrogens is 1. The molecule has 1 N–H and O–H groups in total. The first-order valence-corrected chi connectivity index (χ1v) is 7.97. The predicted molar refractivity (Wildman–Crippen MR) is 94.9 cm³/mol. The lowest BCUT2D eigenvalue weighted by Crippen LogP contribution is -2.16. The van der Waals surface area contributed by atoms with E-state index in [0.717, 1.165) is 28.6 Å². The molecule has 0 spiro atoms. The van der Waals surface area contributed by atoms with Crippen molar-refractivity contribution >= 4 is 22.5 Å². The molecule has 0 radical (unpaired) electrons. The molecule has 1 amide bonds. The van der Waals surface area contributed by atoms with Crippen molar-refractivity contribution in [2.75, 3.05) is 5.32 Å². The van der Waals surface area contributed by atoms with Crippen molar-refractivity contribution in [1.29, 1.82) is 0 Å². The Bertz CT molecular complexity index is 934. The van der Waals surface area contributed by atoms with Gasteiger partial charge in [-0.1, -0.05) is 25.1 Å². The normalized spacial score (nSPS) is 10.8. The smallest absolute Gasteiger partial charge is 0.256 e. The highest BCUT2D eigenvalue weighted by Crippen LogP contribution is 2.25. The summed E-state index contributed by atoms with van der Waals surface area (Å²) in [5.41, 5.74) is 4.53. The van der Waals surface area contributed by atoms with Gasteiger partial charge in [0.25, 0.3) is 5.91 Å². The number of nitrogens with one attached hydrogen (secondary N) is 1. The van der Waals surface area contributed by atoms with Crippen molar-refractivity contribution in [1.82, 2.24) is 4.98 Å². The number of benzene rings is 2. The summed E-state index contributed by atoms with van der Waals surface area (Å²) in [5.74, 6) is -0.514. The maximum Gasteiger partial charge on any atom is 0.256 e. The van der Waals surface area contributed by atoms with Crippen molar-refractivity contribution in [3.05, 3.63) is 70.7 Å². The zero-order chi connectivity index (χ0) is 17.3. The number of rotatable bonds is 3. The predicted octanol–water partition coefficient (Wildman–Crippen LogP) is 4.81. The average Bonchev–Trinajstić information content (AvgIpc) is 2.56. The van der Waals surface area contributed by atoms with E-state index in [4.69, 9.17) is 0 Å². The molecule has 1 heterocycles. The SMILES string of the molecule is CCc1nc2ccccc2c(C(=O)Nc2ccc(F)cc2C)c1C. The minimum Gasteiger partial charge on any atom is -0.322 e. The second-order valence-corrected chi connectivity index (χ2v) is 5.84. The van der Waals surface area contributed by atoms with E-state index in [1.807, 2.05) is 38.1 Å². The molecule has 3 nitrogen and oxygen atoms in total. The van der Waals surface area contributed by atoms with Crippen molar-refractivity contribution in [2.45, 2.75) is 27.2 Å². The van der Waals surface area contributed by atoms with Crippen LogP contribution in [0.2, 0.25) is 0 Å².